The monoisotopic (exact) mass is 1160 g/mol. The molecule has 83 heavy (non-hydrogen) atoms. The van der Waals surface area contributed by atoms with Gasteiger partial charge in [0.15, 0.2) is 0 Å². The number of anilines is 1. The van der Waals surface area contributed by atoms with Crippen LogP contribution in [-0.2, 0) is 38.2 Å². The molecule has 6 rings (SSSR count). The minimum absolute atomic E-state index is 0.0346. The van der Waals surface area contributed by atoms with E-state index in [1.165, 1.54) is 11.4 Å². The van der Waals surface area contributed by atoms with Crippen molar-refractivity contribution in [1.82, 2.24) is 20.3 Å². The molecular weight excluding hydrogens is 1080 g/mol. The van der Waals surface area contributed by atoms with Gasteiger partial charge < -0.3 is 35.8 Å². The van der Waals surface area contributed by atoms with Crippen molar-refractivity contribution in [2.75, 3.05) is 31.3 Å². The van der Waals surface area contributed by atoms with Gasteiger partial charge in [0, 0.05) is 18.9 Å². The molecule has 0 aliphatic carbocycles. The largest absolute Gasteiger partial charge is 0.468 e. The highest BCUT2D eigenvalue weighted by molar-refractivity contribution is 8.00. The van der Waals surface area contributed by atoms with Crippen LogP contribution in [0.3, 0.4) is 0 Å². The number of carbonyl (C=O) groups excluding carboxylic acids is 6. The maximum absolute atomic E-state index is 15.2. The van der Waals surface area contributed by atoms with Crippen LogP contribution in [0.5, 0.6) is 0 Å². The summed E-state index contributed by atoms with van der Waals surface area (Å²) in [5, 5.41) is 22.9. The highest BCUT2D eigenvalue weighted by Gasteiger charge is 2.38. The highest BCUT2D eigenvalue weighted by atomic mass is 32.2. The molecule has 0 saturated carbocycles. The van der Waals surface area contributed by atoms with Crippen molar-refractivity contribution in [2.24, 2.45) is 5.92 Å². The number of thioether (sulfide) groups is 1. The number of amides is 5. The fourth-order valence-electron chi connectivity index (χ4n) is 9.65. The van der Waals surface area contributed by atoms with E-state index >= 15 is 4.79 Å². The summed E-state index contributed by atoms with van der Waals surface area (Å²) in [7, 11) is 1.22. The number of hydrogen-bond donors (Lipinski definition) is 5. The second-order valence-corrected chi connectivity index (χ2v) is 23.6. The number of nitrogens with zero attached hydrogens (tertiary/aromatic N) is 1. The summed E-state index contributed by atoms with van der Waals surface area (Å²) < 4.78 is 11.1. The molecule has 14 nitrogen and oxygen atoms in total. The van der Waals surface area contributed by atoms with Gasteiger partial charge in [0.1, 0.15) is 24.2 Å². The Balaban J connectivity index is 1.30. The lowest BCUT2D eigenvalue weighted by molar-refractivity contribution is -0.142. The quantitative estimate of drug-likeness (QED) is 0.00987. The number of aliphatic hydroxyl groups is 1. The lowest BCUT2D eigenvalue weighted by Gasteiger charge is -2.35. The van der Waals surface area contributed by atoms with Crippen molar-refractivity contribution in [1.29, 1.82) is 0 Å². The third kappa shape index (κ3) is 18.9. The molecule has 0 heterocycles. The average Bonchev–Trinajstić information content (AvgIpc) is 2.82. The number of benzene rings is 6. The number of rotatable bonds is 29. The first-order chi connectivity index (χ1) is 39.9. The Bertz CT molecular complexity index is 2920. The Morgan fingerprint density at radius 3 is 1.73 bits per heavy atom. The summed E-state index contributed by atoms with van der Waals surface area (Å²) in [6.45, 7) is 10.5. The normalized spacial score (nSPS) is 12.7. The number of allylic oxidation sites excluding steroid dienone is 1. The Morgan fingerprint density at radius 1 is 0.687 bits per heavy atom. The highest BCUT2D eigenvalue weighted by Crippen LogP contribution is 2.49. The smallest absolute Gasteiger partial charge is 0.407 e. The topological polar surface area (TPSA) is 192 Å². The third-order valence-electron chi connectivity index (χ3n) is 13.6. The summed E-state index contributed by atoms with van der Waals surface area (Å²) in [6.07, 6.45) is 3.00. The fraction of sp³-hybridized carbons (Fsp3) is 0.343. The summed E-state index contributed by atoms with van der Waals surface area (Å²) in [5.74, 6) is -2.92. The summed E-state index contributed by atoms with van der Waals surface area (Å²) >= 11 is 2.79. The molecule has 0 fully saturated rings. The molecule has 0 bridgehead atoms. The molecular formula is C67H79N5O9S2. The number of para-hydroxylation sites is 1. The van der Waals surface area contributed by atoms with E-state index in [2.05, 4.69) is 57.7 Å². The molecule has 5 amide bonds. The van der Waals surface area contributed by atoms with E-state index in [1.54, 1.807) is 65.4 Å². The average molecular weight is 1160 g/mol. The molecule has 16 heteroatoms. The van der Waals surface area contributed by atoms with Crippen LogP contribution >= 0.6 is 23.7 Å². The van der Waals surface area contributed by atoms with Crippen molar-refractivity contribution in [3.63, 3.8) is 0 Å². The number of hydrogen-bond acceptors (Lipinski definition) is 11. The first kappa shape index (κ1) is 64.5. The van der Waals surface area contributed by atoms with E-state index in [4.69, 9.17) is 9.47 Å². The summed E-state index contributed by atoms with van der Waals surface area (Å²) in [5.41, 5.74) is 5.54. The Morgan fingerprint density at radius 2 is 1.23 bits per heavy atom. The van der Waals surface area contributed by atoms with E-state index in [9.17, 15) is 29.1 Å². The van der Waals surface area contributed by atoms with Crippen LogP contribution in [-0.4, -0.2) is 94.8 Å². The predicted octanol–water partition coefficient (Wildman–Crippen LogP) is 12.0. The van der Waals surface area contributed by atoms with Crippen molar-refractivity contribution >= 4 is 65.1 Å². The molecule has 6 aromatic rings. The maximum Gasteiger partial charge on any atom is 0.407 e. The second kappa shape index (κ2) is 32.3. The van der Waals surface area contributed by atoms with Crippen LogP contribution < -0.4 is 21.3 Å². The molecule has 5 N–H and O–H groups in total. The van der Waals surface area contributed by atoms with E-state index in [-0.39, 0.29) is 31.7 Å². The van der Waals surface area contributed by atoms with Crippen LogP contribution in [0.25, 0.3) is 0 Å². The molecule has 0 aromatic heterocycles. The third-order valence-corrected chi connectivity index (χ3v) is 16.3. The van der Waals surface area contributed by atoms with E-state index in [0.717, 1.165) is 39.8 Å². The van der Waals surface area contributed by atoms with E-state index in [1.807, 2.05) is 133 Å². The molecule has 0 spiro atoms. The Labute approximate surface area is 498 Å². The zero-order valence-electron chi connectivity index (χ0n) is 48.5. The molecule has 438 valence electrons. The van der Waals surface area contributed by atoms with Crippen molar-refractivity contribution < 1.29 is 43.3 Å². The second-order valence-electron chi connectivity index (χ2n) is 21.3. The van der Waals surface area contributed by atoms with Crippen LogP contribution in [0, 0.1) is 5.92 Å². The fourth-order valence-corrected chi connectivity index (χ4v) is 12.4. The number of nitrogens with one attached hydrogen (secondary N) is 4. The molecule has 0 saturated heterocycles. The van der Waals surface area contributed by atoms with Crippen LogP contribution in [0.4, 0.5) is 10.5 Å². The van der Waals surface area contributed by atoms with Gasteiger partial charge in [0.2, 0.25) is 23.6 Å². The van der Waals surface area contributed by atoms with Gasteiger partial charge in [-0.1, -0.05) is 197 Å². The number of ether oxygens (including phenoxy) is 2. The number of alkyl carbamates (subject to hydrolysis) is 1. The minimum atomic E-state index is -1.18. The van der Waals surface area contributed by atoms with Gasteiger partial charge in [-0.15, -0.1) is 11.8 Å². The standard InChI is InChI=1S/C67H79N5O9S2/c1-8-58(75)72(62(47(2)3)64(78)69-46-59(76)80-7)83-56-42-28-40-54(60(48-29-14-9-15-30-48)49-31-16-10-17-32-49)61(56)71-63(77)55(41-24-26-43-68-65(79)81-66(4,5)6)70-57(74)45-53(73)39-25-27-44-82-67(50-33-18-11-19-34-50,51-35-20-12-21-36-51)52-37-22-13-23-38-52/h9-23,25,28-40,42,47,53,55,60,62,73H,8,24,26-27,41,43-46H2,1-7H3,(H,68,79)(H,69,78)(H,70,74)(H,71,77)/t53-,55-,62-/m1/s1. The van der Waals surface area contributed by atoms with Gasteiger partial charge in [0.05, 0.1) is 35.0 Å². The molecule has 0 radical (unpaired) electrons. The van der Waals surface area contributed by atoms with Gasteiger partial charge in [-0.3, -0.25) is 28.3 Å². The Kier molecular flexibility index (Phi) is 25.1. The van der Waals surface area contributed by atoms with Gasteiger partial charge in [-0.25, -0.2) is 4.79 Å². The molecule has 3 atom stereocenters. The zero-order chi connectivity index (χ0) is 59.8. The zero-order valence-corrected chi connectivity index (χ0v) is 50.2. The van der Waals surface area contributed by atoms with Gasteiger partial charge in [-0.05, 0) is 110 Å². The van der Waals surface area contributed by atoms with E-state index < -0.39 is 76.7 Å². The summed E-state index contributed by atoms with van der Waals surface area (Å²) in [6, 6.07) is 54.1. The number of esters is 1. The van der Waals surface area contributed by atoms with E-state index in [0.29, 0.717) is 41.2 Å². The first-order valence-electron chi connectivity index (χ1n) is 28.2. The van der Waals surface area contributed by atoms with Gasteiger partial charge in [0.25, 0.3) is 0 Å². The number of methoxy groups -OCH3 is 1. The SMILES string of the molecule is CCC(=O)N(Sc1cccc(C(c2ccccc2)c2ccccc2)c1NC(=O)[C@@H](CCCCNC(=O)OC(C)(C)C)NC(=O)C[C@H](O)C=CCCSC(c1ccccc1)(c1ccccc1)c1ccccc1)[C@@H](C(=O)NCC(=O)OC)C(C)C. The summed E-state index contributed by atoms with van der Waals surface area (Å²) in [4.78, 5) is 82.5. The lowest BCUT2D eigenvalue weighted by atomic mass is 9.84. The number of carbonyl (C=O) groups is 6. The maximum atomic E-state index is 15.2. The molecule has 0 aliphatic heterocycles. The molecule has 0 unspecified atom stereocenters. The predicted molar refractivity (Wildman–Crippen MR) is 332 cm³/mol. The first-order valence-corrected chi connectivity index (χ1v) is 30.0. The molecule has 6 aromatic carbocycles. The van der Waals surface area contributed by atoms with Crippen LogP contribution in [0.2, 0.25) is 0 Å². The van der Waals surface area contributed by atoms with Gasteiger partial charge >= 0.3 is 12.1 Å². The Hall–Kier alpha value is -7.66. The van der Waals surface area contributed by atoms with Crippen molar-refractivity contribution in [2.45, 2.75) is 119 Å². The van der Waals surface area contributed by atoms with Crippen molar-refractivity contribution in [3.05, 3.63) is 215 Å². The minimum Gasteiger partial charge on any atom is -0.468 e. The molecule has 0 aliphatic rings. The number of aliphatic hydroxyl groups excluding tert-OH is 1. The van der Waals surface area contributed by atoms with Crippen molar-refractivity contribution in [3.8, 4) is 0 Å². The van der Waals surface area contributed by atoms with Crippen LogP contribution in [0.15, 0.2) is 187 Å². The number of unbranched alkanes of at least 4 members (excludes halogenated alkanes) is 1. The lowest BCUT2D eigenvalue weighted by Crippen LogP contribution is -2.50. The van der Waals surface area contributed by atoms with Crippen LogP contribution in [0.1, 0.15) is 119 Å². The van der Waals surface area contributed by atoms with Gasteiger partial charge in [-0.2, -0.15) is 0 Å².